The van der Waals surface area contributed by atoms with Crippen LogP contribution < -0.4 is 10.3 Å². The van der Waals surface area contributed by atoms with Crippen molar-refractivity contribution in [1.82, 2.24) is 9.72 Å². The first kappa shape index (κ1) is 14.3. The molecule has 0 spiro atoms. The summed E-state index contributed by atoms with van der Waals surface area (Å²) < 4.78 is 17.5. The van der Waals surface area contributed by atoms with Crippen LogP contribution in [0.25, 0.3) is 22.4 Å². The highest BCUT2D eigenvalue weighted by Crippen LogP contribution is 2.22. The summed E-state index contributed by atoms with van der Waals surface area (Å²) in [6.45, 7) is 0.215. The number of hydrogen-bond acceptors (Lipinski definition) is 5. The summed E-state index contributed by atoms with van der Waals surface area (Å²) in [4.78, 5) is 16.7. The fourth-order valence-corrected chi connectivity index (χ4v) is 2.51. The molecule has 4 aromatic rings. The quantitative estimate of drug-likeness (QED) is 0.576. The molecule has 0 N–H and O–H groups in total. The Morgan fingerprint density at radius 1 is 1.12 bits per heavy atom. The fourth-order valence-electron chi connectivity index (χ4n) is 2.51. The molecule has 0 aliphatic heterocycles. The van der Waals surface area contributed by atoms with Gasteiger partial charge >= 0.3 is 0 Å². The Morgan fingerprint density at radius 2 is 1.92 bits per heavy atom. The average Bonchev–Trinajstić information content (AvgIpc) is 3.21. The third-order valence-corrected chi connectivity index (χ3v) is 3.75. The number of ether oxygens (including phenoxy) is 1. The summed E-state index contributed by atoms with van der Waals surface area (Å²) >= 11 is 0. The average molecular weight is 322 g/mol. The van der Waals surface area contributed by atoms with Crippen molar-refractivity contribution in [2.75, 3.05) is 7.11 Å². The lowest BCUT2D eigenvalue weighted by atomic mass is 10.2. The molecule has 0 bridgehead atoms. The first-order chi connectivity index (χ1) is 11.7. The van der Waals surface area contributed by atoms with Gasteiger partial charge in [-0.2, -0.15) is 4.74 Å². The molecule has 0 atom stereocenters. The molecule has 0 aliphatic carbocycles. The lowest BCUT2D eigenvalue weighted by Crippen LogP contribution is -2.15. The van der Waals surface area contributed by atoms with Crippen LogP contribution in [0, 0.1) is 0 Å². The van der Waals surface area contributed by atoms with Gasteiger partial charge < -0.3 is 13.7 Å². The number of oxazole rings is 1. The van der Waals surface area contributed by atoms with E-state index < -0.39 is 0 Å². The first-order valence-electron chi connectivity index (χ1n) is 7.42. The molecular weight excluding hydrogens is 308 g/mol. The van der Waals surface area contributed by atoms with Crippen LogP contribution >= 0.6 is 0 Å². The number of benzene rings is 2. The molecule has 0 saturated heterocycles. The van der Waals surface area contributed by atoms with Gasteiger partial charge in [-0.1, -0.05) is 12.1 Å². The Labute approximate surface area is 136 Å². The highest BCUT2D eigenvalue weighted by Gasteiger charge is 2.12. The summed E-state index contributed by atoms with van der Waals surface area (Å²) in [5.41, 5.74) is 1.82. The molecule has 4 rings (SSSR count). The second-order valence-corrected chi connectivity index (χ2v) is 5.30. The topological polar surface area (TPSA) is 70.4 Å². The fraction of sp³-hybridized carbons (Fsp3) is 0.111. The van der Waals surface area contributed by atoms with Crippen molar-refractivity contribution in [3.8, 4) is 17.2 Å². The largest absolute Gasteiger partial charge is 0.497 e. The Morgan fingerprint density at radius 3 is 2.67 bits per heavy atom. The van der Waals surface area contributed by atoms with Crippen LogP contribution in [0.15, 0.2) is 68.5 Å². The molecule has 0 radical (unpaired) electrons. The van der Waals surface area contributed by atoms with E-state index in [9.17, 15) is 4.79 Å². The molecule has 2 aromatic heterocycles. The van der Waals surface area contributed by atoms with Gasteiger partial charge in [0.15, 0.2) is 5.58 Å². The van der Waals surface area contributed by atoms with Gasteiger partial charge in [0.05, 0.1) is 12.5 Å². The summed E-state index contributed by atoms with van der Waals surface area (Å²) in [6, 6.07) is 14.5. The summed E-state index contributed by atoms with van der Waals surface area (Å²) in [7, 11) is 1.61. The second-order valence-electron chi connectivity index (χ2n) is 5.30. The molecule has 2 aromatic carbocycles. The van der Waals surface area contributed by atoms with Crippen LogP contribution in [0.2, 0.25) is 0 Å². The highest BCUT2D eigenvalue weighted by molar-refractivity contribution is 5.75. The van der Waals surface area contributed by atoms with Crippen LogP contribution in [0.3, 0.4) is 0 Å². The van der Waals surface area contributed by atoms with Crippen molar-refractivity contribution in [3.05, 3.63) is 70.8 Å². The molecule has 0 amide bonds. The maximum atomic E-state index is 12.3. The Bertz CT molecular complexity index is 1040. The van der Waals surface area contributed by atoms with Crippen molar-refractivity contribution in [2.24, 2.45) is 0 Å². The Balaban J connectivity index is 1.62. The highest BCUT2D eigenvalue weighted by atomic mass is 16.5. The van der Waals surface area contributed by atoms with Crippen LogP contribution in [-0.2, 0) is 6.54 Å². The van der Waals surface area contributed by atoms with E-state index in [4.69, 9.17) is 13.7 Å². The summed E-state index contributed by atoms with van der Waals surface area (Å²) in [6.07, 6.45) is 1.53. The number of para-hydroxylation sites is 1. The zero-order valence-electron chi connectivity index (χ0n) is 12.9. The van der Waals surface area contributed by atoms with Gasteiger partial charge in [-0.15, -0.1) is 0 Å². The predicted molar refractivity (Wildman–Crippen MR) is 88.1 cm³/mol. The van der Waals surface area contributed by atoms with E-state index >= 15 is 0 Å². The monoisotopic (exact) mass is 322 g/mol. The minimum absolute atomic E-state index is 0.181. The Hall–Kier alpha value is -3.28. The van der Waals surface area contributed by atoms with Gasteiger partial charge in [0.1, 0.15) is 24.3 Å². The van der Waals surface area contributed by atoms with Crippen LogP contribution in [-0.4, -0.2) is 16.8 Å². The van der Waals surface area contributed by atoms with Crippen LogP contribution in [0.1, 0.15) is 5.69 Å². The number of hydrogen-bond donors (Lipinski definition) is 0. The van der Waals surface area contributed by atoms with E-state index in [2.05, 4.69) is 4.98 Å². The minimum atomic E-state index is -0.181. The second kappa shape index (κ2) is 5.73. The van der Waals surface area contributed by atoms with Gasteiger partial charge in [0.2, 0.25) is 5.89 Å². The zero-order chi connectivity index (χ0) is 16.5. The van der Waals surface area contributed by atoms with Gasteiger partial charge in [-0.05, 0) is 36.4 Å². The number of rotatable bonds is 4. The van der Waals surface area contributed by atoms with Gasteiger partial charge in [0.25, 0.3) is 5.56 Å². The van der Waals surface area contributed by atoms with E-state index in [0.29, 0.717) is 22.6 Å². The number of nitrogens with zero attached hydrogens (tertiary/aromatic N) is 2. The van der Waals surface area contributed by atoms with E-state index in [0.717, 1.165) is 11.3 Å². The standard InChI is InChI=1S/C18H14N2O4/c1-22-14-8-6-12(7-9-14)17-19-13(11-23-17)10-20-18(21)15-4-2-3-5-16(15)24-20/h2-9,11H,10H2,1H3. The maximum Gasteiger partial charge on any atom is 0.290 e. The predicted octanol–water partition coefficient (Wildman–Crippen LogP) is 3.31. The van der Waals surface area contributed by atoms with E-state index in [-0.39, 0.29) is 12.1 Å². The first-order valence-corrected chi connectivity index (χ1v) is 7.42. The van der Waals surface area contributed by atoms with Crippen LogP contribution in [0.5, 0.6) is 5.75 Å². The number of aromatic nitrogens is 2. The van der Waals surface area contributed by atoms with Crippen molar-refractivity contribution < 1.29 is 13.7 Å². The molecule has 0 unspecified atom stereocenters. The van der Waals surface area contributed by atoms with Crippen molar-refractivity contribution in [1.29, 1.82) is 0 Å². The van der Waals surface area contributed by atoms with E-state index in [1.165, 1.54) is 11.0 Å². The van der Waals surface area contributed by atoms with Gasteiger partial charge in [-0.3, -0.25) is 4.79 Å². The molecular formula is C18H14N2O4. The molecule has 6 nitrogen and oxygen atoms in total. The number of fused-ring (bicyclic) bond motifs is 1. The van der Waals surface area contributed by atoms with Crippen LogP contribution in [0.4, 0.5) is 0 Å². The molecule has 6 heteroatoms. The van der Waals surface area contributed by atoms with Crippen molar-refractivity contribution in [3.63, 3.8) is 0 Å². The zero-order valence-corrected chi connectivity index (χ0v) is 12.9. The van der Waals surface area contributed by atoms with Gasteiger partial charge in [-0.25, -0.2) is 4.98 Å². The lowest BCUT2D eigenvalue weighted by molar-refractivity contribution is 0.299. The van der Waals surface area contributed by atoms with E-state index in [1.54, 1.807) is 19.2 Å². The smallest absolute Gasteiger partial charge is 0.290 e. The normalized spacial score (nSPS) is 11.0. The SMILES string of the molecule is COc1ccc(-c2nc(Cn3oc4ccccc4c3=O)co2)cc1. The molecule has 0 saturated carbocycles. The van der Waals surface area contributed by atoms with Crippen molar-refractivity contribution >= 4 is 11.0 Å². The Kier molecular flexibility index (Phi) is 3.42. The third kappa shape index (κ3) is 2.48. The maximum absolute atomic E-state index is 12.3. The third-order valence-electron chi connectivity index (χ3n) is 3.75. The van der Waals surface area contributed by atoms with E-state index in [1.807, 2.05) is 36.4 Å². The summed E-state index contributed by atoms with van der Waals surface area (Å²) in [5.74, 6) is 1.25. The molecule has 24 heavy (non-hydrogen) atoms. The molecule has 120 valence electrons. The summed E-state index contributed by atoms with van der Waals surface area (Å²) in [5, 5.41) is 0.552. The molecule has 2 heterocycles. The minimum Gasteiger partial charge on any atom is -0.497 e. The number of methoxy groups -OCH3 is 1. The molecule has 0 fully saturated rings. The molecule has 0 aliphatic rings. The lowest BCUT2D eigenvalue weighted by Gasteiger charge is -1.99. The van der Waals surface area contributed by atoms with Crippen molar-refractivity contribution in [2.45, 2.75) is 6.54 Å². The van der Waals surface area contributed by atoms with Gasteiger partial charge in [0, 0.05) is 5.56 Å².